The Labute approximate surface area is 144 Å². The van der Waals surface area contributed by atoms with Gasteiger partial charge in [-0.15, -0.1) is 0 Å². The van der Waals surface area contributed by atoms with Crippen LogP contribution in [0.25, 0.3) is 0 Å². The smallest absolute Gasteiger partial charge is 0.411 e. The first-order valence-electron chi connectivity index (χ1n) is 7.72. The normalized spacial score (nSPS) is 11.9. The van der Waals surface area contributed by atoms with Crippen molar-refractivity contribution in [3.8, 4) is 0 Å². The lowest BCUT2D eigenvalue weighted by molar-refractivity contribution is -0.174. The van der Waals surface area contributed by atoms with Crippen molar-refractivity contribution >= 4 is 11.9 Å². The van der Waals surface area contributed by atoms with Crippen molar-refractivity contribution in [2.24, 2.45) is 0 Å². The fourth-order valence-corrected chi connectivity index (χ4v) is 1.77. The van der Waals surface area contributed by atoms with Crippen LogP contribution in [0.2, 0.25) is 0 Å². The summed E-state index contributed by atoms with van der Waals surface area (Å²) in [5.74, 6) is -0.868. The number of halogens is 3. The largest absolute Gasteiger partial charge is 0.462 e. The summed E-state index contributed by atoms with van der Waals surface area (Å²) in [6.45, 7) is 4.04. The molecule has 1 N–H and O–H groups in total. The number of carbonyl (C=O) groups is 2. The summed E-state index contributed by atoms with van der Waals surface area (Å²) in [5, 5.41) is 2.80. The molecule has 25 heavy (non-hydrogen) atoms. The van der Waals surface area contributed by atoms with Gasteiger partial charge in [-0.25, -0.2) is 4.79 Å². The van der Waals surface area contributed by atoms with Gasteiger partial charge in [0.05, 0.1) is 18.8 Å². The summed E-state index contributed by atoms with van der Waals surface area (Å²) < 4.78 is 44.9. The number of ether oxygens (including phenoxy) is 2. The Morgan fingerprint density at radius 3 is 2.08 bits per heavy atom. The topological polar surface area (TPSA) is 64.6 Å². The summed E-state index contributed by atoms with van der Waals surface area (Å²) in [7, 11) is 0. The van der Waals surface area contributed by atoms with E-state index >= 15 is 0 Å². The van der Waals surface area contributed by atoms with E-state index < -0.39 is 18.8 Å². The van der Waals surface area contributed by atoms with Crippen molar-refractivity contribution < 1.29 is 32.2 Å². The summed E-state index contributed by atoms with van der Waals surface area (Å²) in [4.78, 5) is 23.8. The van der Waals surface area contributed by atoms with Gasteiger partial charge in [0.1, 0.15) is 6.61 Å². The lowest BCUT2D eigenvalue weighted by Crippen LogP contribution is -2.40. The van der Waals surface area contributed by atoms with E-state index in [4.69, 9.17) is 4.74 Å². The van der Waals surface area contributed by atoms with Gasteiger partial charge in [-0.3, -0.25) is 4.79 Å². The number of benzene rings is 1. The van der Waals surface area contributed by atoms with E-state index in [-0.39, 0.29) is 36.6 Å². The quantitative estimate of drug-likeness (QED) is 0.598. The Balaban J connectivity index is 2.38. The van der Waals surface area contributed by atoms with Crippen molar-refractivity contribution in [2.75, 3.05) is 19.8 Å². The van der Waals surface area contributed by atoms with Crippen LogP contribution in [0.4, 0.5) is 13.2 Å². The SMILES string of the molecule is CC(C)(C)NC(=O)c1ccc(C(=O)OCCCOCC(F)(F)F)cc1. The third-order valence-corrected chi connectivity index (χ3v) is 2.80. The Morgan fingerprint density at radius 2 is 1.56 bits per heavy atom. The molecule has 0 saturated carbocycles. The van der Waals surface area contributed by atoms with Crippen LogP contribution in [0.1, 0.15) is 47.9 Å². The highest BCUT2D eigenvalue weighted by Crippen LogP contribution is 2.14. The molecule has 0 heterocycles. The van der Waals surface area contributed by atoms with E-state index in [1.54, 1.807) is 0 Å². The van der Waals surface area contributed by atoms with Crippen molar-refractivity contribution in [3.63, 3.8) is 0 Å². The van der Waals surface area contributed by atoms with Crippen LogP contribution in [0.3, 0.4) is 0 Å². The summed E-state index contributed by atoms with van der Waals surface area (Å²) >= 11 is 0. The third kappa shape index (κ3) is 9.09. The number of hydrogen-bond acceptors (Lipinski definition) is 4. The number of amides is 1. The minimum Gasteiger partial charge on any atom is -0.462 e. The molecule has 5 nitrogen and oxygen atoms in total. The molecule has 0 aliphatic carbocycles. The molecule has 0 aliphatic rings. The lowest BCUT2D eigenvalue weighted by atomic mass is 10.1. The number of hydrogen-bond donors (Lipinski definition) is 1. The Morgan fingerprint density at radius 1 is 1.00 bits per heavy atom. The van der Waals surface area contributed by atoms with Gasteiger partial charge < -0.3 is 14.8 Å². The van der Waals surface area contributed by atoms with Crippen LogP contribution in [0.5, 0.6) is 0 Å². The van der Waals surface area contributed by atoms with Crippen LogP contribution < -0.4 is 5.32 Å². The molecule has 8 heteroatoms. The zero-order valence-electron chi connectivity index (χ0n) is 14.4. The zero-order valence-corrected chi connectivity index (χ0v) is 14.4. The maximum atomic E-state index is 12.0. The second kappa shape index (κ2) is 8.84. The van der Waals surface area contributed by atoms with Gasteiger partial charge in [0.15, 0.2) is 0 Å². The van der Waals surface area contributed by atoms with Gasteiger partial charge in [0.25, 0.3) is 5.91 Å². The maximum Gasteiger partial charge on any atom is 0.411 e. The molecule has 0 atom stereocenters. The van der Waals surface area contributed by atoms with Crippen molar-refractivity contribution in [1.29, 1.82) is 0 Å². The van der Waals surface area contributed by atoms with E-state index in [1.165, 1.54) is 24.3 Å². The van der Waals surface area contributed by atoms with Crippen molar-refractivity contribution in [1.82, 2.24) is 5.32 Å². The van der Waals surface area contributed by atoms with Crippen molar-refractivity contribution in [3.05, 3.63) is 35.4 Å². The van der Waals surface area contributed by atoms with Gasteiger partial charge in [-0.2, -0.15) is 13.2 Å². The average Bonchev–Trinajstić information content (AvgIpc) is 2.48. The highest BCUT2D eigenvalue weighted by molar-refractivity contribution is 5.96. The second-order valence-corrected chi connectivity index (χ2v) is 6.44. The predicted octanol–water partition coefficient (Wildman–Crippen LogP) is 3.34. The first kappa shape index (κ1) is 21.0. The Hall–Kier alpha value is -2.09. The zero-order chi connectivity index (χ0) is 19.1. The number of alkyl halides is 3. The van der Waals surface area contributed by atoms with E-state index in [9.17, 15) is 22.8 Å². The van der Waals surface area contributed by atoms with Crippen LogP contribution in [0, 0.1) is 0 Å². The highest BCUT2D eigenvalue weighted by Gasteiger charge is 2.27. The molecular formula is C17H22F3NO4. The summed E-state index contributed by atoms with van der Waals surface area (Å²) in [6, 6.07) is 5.92. The minimum atomic E-state index is -4.36. The molecule has 1 amide bonds. The minimum absolute atomic E-state index is 0.0526. The fraction of sp³-hybridized carbons (Fsp3) is 0.529. The monoisotopic (exact) mass is 361 g/mol. The molecule has 0 unspecified atom stereocenters. The van der Waals surface area contributed by atoms with Crippen LogP contribution in [-0.2, 0) is 9.47 Å². The number of esters is 1. The summed E-state index contributed by atoms with van der Waals surface area (Å²) in [5.41, 5.74) is 0.290. The first-order chi connectivity index (χ1) is 11.5. The highest BCUT2D eigenvalue weighted by atomic mass is 19.4. The Kier molecular flexibility index (Phi) is 7.41. The second-order valence-electron chi connectivity index (χ2n) is 6.44. The number of nitrogens with one attached hydrogen (secondary N) is 1. The van der Waals surface area contributed by atoms with Gasteiger partial charge in [-0.1, -0.05) is 0 Å². The number of carbonyl (C=O) groups excluding carboxylic acids is 2. The van der Waals surface area contributed by atoms with Crippen LogP contribution >= 0.6 is 0 Å². The first-order valence-corrected chi connectivity index (χ1v) is 7.72. The fourth-order valence-electron chi connectivity index (χ4n) is 1.77. The third-order valence-electron chi connectivity index (χ3n) is 2.80. The molecule has 0 aliphatic heterocycles. The van der Waals surface area contributed by atoms with E-state index in [2.05, 4.69) is 10.1 Å². The predicted molar refractivity (Wildman–Crippen MR) is 85.4 cm³/mol. The van der Waals surface area contributed by atoms with Crippen LogP contribution in [-0.4, -0.2) is 43.4 Å². The average molecular weight is 361 g/mol. The van der Waals surface area contributed by atoms with E-state index in [0.29, 0.717) is 5.56 Å². The molecular weight excluding hydrogens is 339 g/mol. The number of rotatable bonds is 7. The summed E-state index contributed by atoms with van der Waals surface area (Å²) in [6.07, 6.45) is -4.20. The molecule has 140 valence electrons. The molecule has 1 aromatic rings. The Bertz CT molecular complexity index is 577. The molecule has 1 aromatic carbocycles. The lowest BCUT2D eigenvalue weighted by Gasteiger charge is -2.20. The molecule has 1 rings (SSSR count). The maximum absolute atomic E-state index is 12.0. The van der Waals surface area contributed by atoms with Crippen LogP contribution in [0.15, 0.2) is 24.3 Å². The molecule has 0 bridgehead atoms. The van der Waals surface area contributed by atoms with E-state index in [0.717, 1.165) is 0 Å². The van der Waals surface area contributed by atoms with Gasteiger partial charge in [-0.05, 0) is 45.0 Å². The molecule has 0 spiro atoms. The van der Waals surface area contributed by atoms with Gasteiger partial charge in [0, 0.05) is 17.5 Å². The molecule has 0 aromatic heterocycles. The van der Waals surface area contributed by atoms with E-state index in [1.807, 2.05) is 20.8 Å². The molecule has 0 saturated heterocycles. The molecule has 0 fully saturated rings. The van der Waals surface area contributed by atoms with Gasteiger partial charge >= 0.3 is 12.1 Å². The van der Waals surface area contributed by atoms with Gasteiger partial charge in [0.2, 0.25) is 0 Å². The molecule has 0 radical (unpaired) electrons. The standard InChI is InChI=1S/C17H22F3NO4/c1-16(2,3)21-14(22)12-5-7-13(8-6-12)15(23)25-10-4-9-24-11-17(18,19)20/h5-8H,4,9-11H2,1-3H3,(H,21,22). The van der Waals surface area contributed by atoms with Crippen molar-refractivity contribution in [2.45, 2.75) is 38.9 Å².